The third kappa shape index (κ3) is 4.19. The predicted molar refractivity (Wildman–Crippen MR) is 92.9 cm³/mol. The van der Waals surface area contributed by atoms with E-state index in [0.29, 0.717) is 35.2 Å². The number of aromatic nitrogens is 4. The molecule has 0 radical (unpaired) electrons. The molecular formula is C16H16ClN5O4. The van der Waals surface area contributed by atoms with Gasteiger partial charge in [0.15, 0.2) is 17.7 Å². The van der Waals surface area contributed by atoms with Gasteiger partial charge < -0.3 is 10.1 Å². The van der Waals surface area contributed by atoms with Crippen LogP contribution in [0.25, 0.3) is 0 Å². The number of anilines is 1. The Bertz CT molecular complexity index is 948. The number of nitrogens with zero attached hydrogens (tertiary/aromatic N) is 3. The lowest BCUT2D eigenvalue weighted by molar-refractivity contribution is -0.126. The molecular weight excluding hydrogens is 362 g/mol. The van der Waals surface area contributed by atoms with Gasteiger partial charge >= 0.3 is 5.76 Å². The van der Waals surface area contributed by atoms with Gasteiger partial charge in [0, 0.05) is 42.9 Å². The second-order valence-electron chi connectivity index (χ2n) is 5.38. The van der Waals surface area contributed by atoms with Crippen molar-refractivity contribution in [2.75, 3.05) is 12.4 Å². The average Bonchev–Trinajstić information content (AvgIpc) is 3.24. The van der Waals surface area contributed by atoms with Gasteiger partial charge in [0.2, 0.25) is 0 Å². The molecule has 0 saturated carbocycles. The molecule has 0 bridgehead atoms. The maximum absolute atomic E-state index is 12.5. The molecule has 0 spiro atoms. The lowest BCUT2D eigenvalue weighted by atomic mass is 10.1. The molecule has 1 unspecified atom stereocenters. The number of nitrogens with one attached hydrogen (secondary N) is 2. The van der Waals surface area contributed by atoms with Gasteiger partial charge in [-0.25, -0.2) is 4.79 Å². The van der Waals surface area contributed by atoms with Crippen LogP contribution in [0.3, 0.4) is 0 Å². The van der Waals surface area contributed by atoms with Crippen molar-refractivity contribution in [3.8, 4) is 0 Å². The second-order valence-corrected chi connectivity index (χ2v) is 5.79. The summed E-state index contributed by atoms with van der Waals surface area (Å²) in [4.78, 5) is 25.8. The van der Waals surface area contributed by atoms with E-state index in [1.54, 1.807) is 41.2 Å². The number of hydrogen-bond acceptors (Lipinski definition) is 6. The quantitative estimate of drug-likeness (QED) is 0.648. The molecule has 26 heavy (non-hydrogen) atoms. The number of aromatic amines is 1. The number of aryl methyl sites for hydroxylation is 2. The standard InChI is InChI=1S/C16H16ClN5O4/c1-25-14(10-4-2-3-5-11(10)17)15(23)18-12-6-8-22(20-12)9-7-13-19-16(24)26-21-13/h2-6,8,14H,7,9H2,1H3,(H,18,20,23)(H,19,21,24). The highest BCUT2D eigenvalue weighted by molar-refractivity contribution is 6.31. The predicted octanol–water partition coefficient (Wildman–Crippen LogP) is 1.78. The van der Waals surface area contributed by atoms with Crippen molar-refractivity contribution in [1.29, 1.82) is 0 Å². The summed E-state index contributed by atoms with van der Waals surface area (Å²) >= 11 is 6.13. The summed E-state index contributed by atoms with van der Waals surface area (Å²) in [6, 6.07) is 8.64. The van der Waals surface area contributed by atoms with E-state index in [4.69, 9.17) is 16.3 Å². The van der Waals surface area contributed by atoms with Crippen molar-refractivity contribution in [3.63, 3.8) is 0 Å². The summed E-state index contributed by atoms with van der Waals surface area (Å²) in [6.07, 6.45) is 1.28. The fourth-order valence-electron chi connectivity index (χ4n) is 2.40. The summed E-state index contributed by atoms with van der Waals surface area (Å²) in [6.45, 7) is 0.455. The summed E-state index contributed by atoms with van der Waals surface area (Å²) in [7, 11) is 1.44. The largest absolute Gasteiger partial charge is 0.438 e. The molecule has 1 amide bonds. The van der Waals surface area contributed by atoms with E-state index in [2.05, 4.69) is 25.1 Å². The molecule has 3 aromatic rings. The number of methoxy groups -OCH3 is 1. The van der Waals surface area contributed by atoms with Gasteiger partial charge in [-0.05, 0) is 6.07 Å². The summed E-state index contributed by atoms with van der Waals surface area (Å²) in [5.41, 5.74) is 0.573. The van der Waals surface area contributed by atoms with E-state index < -0.39 is 11.9 Å². The molecule has 0 saturated heterocycles. The minimum atomic E-state index is -0.853. The molecule has 0 fully saturated rings. The van der Waals surface area contributed by atoms with Crippen LogP contribution < -0.4 is 11.1 Å². The van der Waals surface area contributed by atoms with Crippen LogP contribution in [0.15, 0.2) is 45.8 Å². The maximum atomic E-state index is 12.5. The maximum Gasteiger partial charge on any atom is 0.438 e. The molecule has 2 aromatic heterocycles. The number of rotatable bonds is 7. The van der Waals surface area contributed by atoms with Crippen LogP contribution in [0.5, 0.6) is 0 Å². The van der Waals surface area contributed by atoms with Crippen LogP contribution >= 0.6 is 11.6 Å². The van der Waals surface area contributed by atoms with Gasteiger partial charge in [-0.2, -0.15) is 5.10 Å². The SMILES string of the molecule is COC(C(=O)Nc1ccn(CCc2noc(=O)[nH]2)n1)c1ccccc1Cl. The number of amides is 1. The fourth-order valence-corrected chi connectivity index (χ4v) is 2.63. The van der Waals surface area contributed by atoms with Crippen LogP contribution in [0.4, 0.5) is 5.82 Å². The Morgan fingerprint density at radius 3 is 2.92 bits per heavy atom. The van der Waals surface area contributed by atoms with Crippen LogP contribution in [0.1, 0.15) is 17.5 Å². The number of ether oxygens (including phenoxy) is 1. The van der Waals surface area contributed by atoms with Gasteiger partial charge in [-0.3, -0.25) is 19.0 Å². The second kappa shape index (κ2) is 7.98. The normalized spacial score (nSPS) is 12.1. The lowest BCUT2D eigenvalue weighted by Gasteiger charge is -2.15. The van der Waals surface area contributed by atoms with Gasteiger partial charge in [0.1, 0.15) is 0 Å². The Balaban J connectivity index is 1.63. The number of carbonyl (C=O) groups is 1. The van der Waals surface area contributed by atoms with Crippen LogP contribution in [-0.4, -0.2) is 32.9 Å². The molecule has 1 atom stereocenters. The molecule has 1 aromatic carbocycles. The number of halogens is 1. The molecule has 136 valence electrons. The average molecular weight is 378 g/mol. The van der Waals surface area contributed by atoms with E-state index in [-0.39, 0.29) is 5.91 Å². The van der Waals surface area contributed by atoms with Gasteiger partial charge in [0.05, 0.1) is 0 Å². The highest BCUT2D eigenvalue weighted by Gasteiger charge is 2.23. The topological polar surface area (TPSA) is 115 Å². The minimum absolute atomic E-state index is 0.373. The van der Waals surface area contributed by atoms with Crippen molar-refractivity contribution >= 4 is 23.3 Å². The number of carbonyl (C=O) groups excluding carboxylic acids is 1. The van der Waals surface area contributed by atoms with Crippen molar-refractivity contribution in [1.82, 2.24) is 19.9 Å². The summed E-state index contributed by atoms with van der Waals surface area (Å²) in [5, 5.41) is 11.0. The third-order valence-corrected chi connectivity index (χ3v) is 3.96. The molecule has 0 aliphatic carbocycles. The zero-order valence-electron chi connectivity index (χ0n) is 13.8. The van der Waals surface area contributed by atoms with Gasteiger partial charge in [-0.1, -0.05) is 35.0 Å². The first-order chi connectivity index (χ1) is 12.6. The minimum Gasteiger partial charge on any atom is -0.367 e. The van der Waals surface area contributed by atoms with Crippen LogP contribution in [0, 0.1) is 0 Å². The number of hydrogen-bond donors (Lipinski definition) is 2. The lowest BCUT2D eigenvalue weighted by Crippen LogP contribution is -2.23. The molecule has 9 nitrogen and oxygen atoms in total. The number of benzene rings is 1. The third-order valence-electron chi connectivity index (χ3n) is 3.62. The van der Waals surface area contributed by atoms with Crippen LogP contribution in [0.2, 0.25) is 5.02 Å². The highest BCUT2D eigenvalue weighted by atomic mass is 35.5. The Hall–Kier alpha value is -2.91. The molecule has 10 heteroatoms. The Kier molecular flexibility index (Phi) is 5.49. The van der Waals surface area contributed by atoms with Crippen molar-refractivity contribution in [2.24, 2.45) is 0 Å². The summed E-state index contributed by atoms with van der Waals surface area (Å²) in [5.74, 6) is -0.183. The Labute approximate surface area is 152 Å². The Morgan fingerprint density at radius 1 is 1.42 bits per heavy atom. The first-order valence-electron chi connectivity index (χ1n) is 7.73. The molecule has 2 heterocycles. The molecule has 3 rings (SSSR count). The first-order valence-corrected chi connectivity index (χ1v) is 8.11. The van der Waals surface area contributed by atoms with E-state index in [0.717, 1.165) is 0 Å². The van der Waals surface area contributed by atoms with E-state index >= 15 is 0 Å². The van der Waals surface area contributed by atoms with Crippen molar-refractivity contribution in [3.05, 3.63) is 63.5 Å². The van der Waals surface area contributed by atoms with E-state index in [1.165, 1.54) is 7.11 Å². The van der Waals surface area contributed by atoms with Crippen LogP contribution in [-0.2, 0) is 22.5 Å². The number of H-pyrrole nitrogens is 1. The van der Waals surface area contributed by atoms with E-state index in [1.807, 2.05) is 0 Å². The van der Waals surface area contributed by atoms with Gasteiger partial charge in [-0.15, -0.1) is 0 Å². The first kappa shape index (κ1) is 17.9. The van der Waals surface area contributed by atoms with Crippen molar-refractivity contribution in [2.45, 2.75) is 19.1 Å². The summed E-state index contributed by atoms with van der Waals surface area (Å²) < 4.78 is 11.3. The zero-order valence-corrected chi connectivity index (χ0v) is 14.6. The molecule has 0 aliphatic heterocycles. The van der Waals surface area contributed by atoms with Gasteiger partial charge in [0.25, 0.3) is 5.91 Å². The van der Waals surface area contributed by atoms with Crippen molar-refractivity contribution < 1.29 is 14.1 Å². The monoisotopic (exact) mass is 377 g/mol. The zero-order chi connectivity index (χ0) is 18.5. The smallest absolute Gasteiger partial charge is 0.367 e. The Morgan fingerprint density at radius 2 is 2.23 bits per heavy atom. The molecule has 0 aliphatic rings. The highest BCUT2D eigenvalue weighted by Crippen LogP contribution is 2.26. The fraction of sp³-hybridized carbons (Fsp3) is 0.250. The van der Waals surface area contributed by atoms with E-state index in [9.17, 15) is 9.59 Å². The molecule has 2 N–H and O–H groups in total.